The summed E-state index contributed by atoms with van der Waals surface area (Å²) in [5, 5.41) is 0. The van der Waals surface area contributed by atoms with Crippen molar-refractivity contribution in [3.05, 3.63) is 0 Å². The van der Waals surface area contributed by atoms with E-state index in [0.717, 1.165) is 0 Å². The first-order valence-corrected chi connectivity index (χ1v) is 0. The largest absolute Gasteiger partial charge is 2.00 e. The fourth-order valence-corrected chi connectivity index (χ4v) is 0. The van der Waals surface area contributed by atoms with E-state index in [1.54, 1.807) is 0 Å². The van der Waals surface area contributed by atoms with Crippen molar-refractivity contribution in [2.75, 3.05) is 0 Å². The van der Waals surface area contributed by atoms with Gasteiger partial charge in [-0.2, -0.15) is 13.5 Å². The van der Waals surface area contributed by atoms with Gasteiger partial charge in [0.05, 0.1) is 0 Å². The van der Waals surface area contributed by atoms with E-state index in [-0.39, 0.29) is 105 Å². The van der Waals surface area contributed by atoms with Gasteiger partial charge in [0.25, 0.3) is 0 Å². The Labute approximate surface area is 104 Å². The molecule has 0 saturated carbocycles. The summed E-state index contributed by atoms with van der Waals surface area (Å²) in [6.07, 6.45) is 0. The van der Waals surface area contributed by atoms with Crippen LogP contribution in [0.5, 0.6) is 0 Å². The number of rotatable bonds is 0. The van der Waals surface area contributed by atoms with E-state index in [2.05, 4.69) is 0 Å². The van der Waals surface area contributed by atoms with Crippen molar-refractivity contribution in [3.63, 3.8) is 0 Å². The molecule has 0 heterocycles. The van der Waals surface area contributed by atoms with Crippen molar-refractivity contribution in [2.45, 2.75) is 0 Å². The van der Waals surface area contributed by atoms with E-state index in [0.29, 0.717) is 0 Å². The Hall–Kier alpha value is 3.01. The predicted octanol–water partition coefficient (Wildman–Crippen LogP) is -0.431. The minimum Gasteiger partial charge on any atom is -1.00 e. The van der Waals surface area contributed by atoms with Crippen molar-refractivity contribution < 1.29 is 60.5 Å². The minimum absolute atomic E-state index is 0. The summed E-state index contributed by atoms with van der Waals surface area (Å²) in [5.74, 6) is 0. The fraction of sp³-hybridized carbons (Fsp3) is 0. The molecule has 4 radical (unpaired) electrons. The maximum absolute atomic E-state index is 0. The third-order valence-electron chi connectivity index (χ3n) is 0. The summed E-state index contributed by atoms with van der Waals surface area (Å²) in [6.45, 7) is 0. The van der Waals surface area contributed by atoms with Crippen LogP contribution >= 0.6 is 13.5 Å². The molecular formula is H4BMgMnMoSZn. The van der Waals surface area contributed by atoms with Gasteiger partial charge in [-0.05, 0) is 0 Å². The third kappa shape index (κ3) is 27.9. The van der Waals surface area contributed by atoms with Gasteiger partial charge < -0.3 is 2.85 Å². The van der Waals surface area contributed by atoms with Crippen LogP contribution in [-0.4, -0.2) is 31.5 Å². The van der Waals surface area contributed by atoms with Gasteiger partial charge in [0, 0.05) is 66.0 Å². The maximum atomic E-state index is 0. The zero-order valence-electron chi connectivity index (χ0n) is 5.28. The molecule has 0 aromatic rings. The standard InChI is InChI=1S/B.Mg.Mn.Mo.H2S.Zn.2H/h;;;;1H2;;;/q;+2;;;;;2*-1. The van der Waals surface area contributed by atoms with Crippen LogP contribution in [0.1, 0.15) is 2.85 Å². The van der Waals surface area contributed by atoms with Crippen molar-refractivity contribution in [1.82, 2.24) is 0 Å². The fourth-order valence-electron chi connectivity index (χ4n) is 0. The second-order valence-electron chi connectivity index (χ2n) is 0. The van der Waals surface area contributed by atoms with Gasteiger partial charge in [-0.1, -0.05) is 0 Å². The molecular weight excluding hydrogens is 283 g/mol. The Kier molecular flexibility index (Phi) is 461. The van der Waals surface area contributed by atoms with Gasteiger partial charge in [0.1, 0.15) is 0 Å². The summed E-state index contributed by atoms with van der Waals surface area (Å²) < 4.78 is 0. The predicted molar refractivity (Wildman–Crippen MR) is 24.1 cm³/mol. The van der Waals surface area contributed by atoms with Crippen molar-refractivity contribution in [1.29, 1.82) is 0 Å². The Balaban J connectivity index is 0. The van der Waals surface area contributed by atoms with Gasteiger partial charge in [0.15, 0.2) is 0 Å². The van der Waals surface area contributed by atoms with Gasteiger partial charge in [0.2, 0.25) is 0 Å². The van der Waals surface area contributed by atoms with Crippen LogP contribution in [0.4, 0.5) is 0 Å². The Morgan fingerprint density at radius 3 is 1.17 bits per heavy atom. The summed E-state index contributed by atoms with van der Waals surface area (Å²) >= 11 is 0. The van der Waals surface area contributed by atoms with Crippen LogP contribution in [0.2, 0.25) is 0 Å². The molecule has 0 aliphatic rings. The zero-order valence-corrected chi connectivity index (χ0v) is 11.8. The van der Waals surface area contributed by atoms with Crippen LogP contribution in [-0.2, 0) is 57.6 Å². The van der Waals surface area contributed by atoms with Crippen LogP contribution in [0.25, 0.3) is 0 Å². The Morgan fingerprint density at radius 1 is 1.17 bits per heavy atom. The van der Waals surface area contributed by atoms with E-state index in [9.17, 15) is 0 Å². The van der Waals surface area contributed by atoms with Crippen LogP contribution < -0.4 is 0 Å². The summed E-state index contributed by atoms with van der Waals surface area (Å²) in [4.78, 5) is 0. The quantitative estimate of drug-likeness (QED) is 0.531. The van der Waals surface area contributed by atoms with Crippen molar-refractivity contribution >= 4 is 45.0 Å². The summed E-state index contributed by atoms with van der Waals surface area (Å²) in [5.41, 5.74) is 0. The molecule has 0 aromatic heterocycles. The molecule has 0 rings (SSSR count). The van der Waals surface area contributed by atoms with Crippen LogP contribution in [0.15, 0.2) is 0 Å². The van der Waals surface area contributed by atoms with E-state index in [1.807, 2.05) is 0 Å². The average molecular weight is 287 g/mol. The summed E-state index contributed by atoms with van der Waals surface area (Å²) in [6, 6.07) is 0. The minimum atomic E-state index is 0. The molecule has 0 amide bonds. The van der Waals surface area contributed by atoms with Crippen LogP contribution in [0.3, 0.4) is 0 Å². The molecule has 0 saturated heterocycles. The molecule has 0 bridgehead atoms. The monoisotopic (exact) mass is 288 g/mol. The molecule has 6 heteroatoms. The average Bonchev–Trinajstić information content (AvgIpc) is 0. The normalized spacial score (nSPS) is 0. The van der Waals surface area contributed by atoms with E-state index in [4.69, 9.17) is 0 Å². The molecule has 0 N–H and O–H groups in total. The molecule has 0 aliphatic heterocycles. The number of hydrogen-bond acceptors (Lipinski definition) is 0. The van der Waals surface area contributed by atoms with E-state index in [1.165, 1.54) is 0 Å². The Bertz CT molecular complexity index is 22.0. The van der Waals surface area contributed by atoms with Gasteiger partial charge in [-0.25, -0.2) is 0 Å². The second-order valence-corrected chi connectivity index (χ2v) is 0. The molecule has 0 unspecified atom stereocenters. The molecule has 30 valence electrons. The molecule has 0 spiro atoms. The smallest absolute Gasteiger partial charge is 1.00 e. The van der Waals surface area contributed by atoms with Gasteiger partial charge in [-0.3, -0.25) is 0 Å². The van der Waals surface area contributed by atoms with E-state index >= 15 is 0 Å². The van der Waals surface area contributed by atoms with Crippen LogP contribution in [0, 0.1) is 0 Å². The third-order valence-corrected chi connectivity index (χ3v) is 0. The first-order valence-electron chi connectivity index (χ1n) is 0. The topological polar surface area (TPSA) is 0 Å². The van der Waals surface area contributed by atoms with E-state index < -0.39 is 0 Å². The first-order chi connectivity index (χ1) is 0. The number of hydrogen-bond donors (Lipinski definition) is 0. The Morgan fingerprint density at radius 2 is 1.17 bits per heavy atom. The molecule has 0 aromatic carbocycles. The van der Waals surface area contributed by atoms with Crippen molar-refractivity contribution in [2.24, 2.45) is 0 Å². The molecule has 6 heavy (non-hydrogen) atoms. The van der Waals surface area contributed by atoms with Gasteiger partial charge >= 0.3 is 23.1 Å². The van der Waals surface area contributed by atoms with Crippen molar-refractivity contribution in [3.8, 4) is 0 Å². The first kappa shape index (κ1) is 63.8. The zero-order chi connectivity index (χ0) is 0. The SMILES string of the molecule is S.[B].[H-].[H-].[Mg+2].[Mn].[Mo].[Zn]. The molecule has 0 atom stereocenters. The second kappa shape index (κ2) is 43.4. The van der Waals surface area contributed by atoms with Gasteiger partial charge in [-0.15, -0.1) is 0 Å². The maximum Gasteiger partial charge on any atom is 2.00 e. The molecule has 0 nitrogen and oxygen atoms in total. The molecule has 0 fully saturated rings. The summed E-state index contributed by atoms with van der Waals surface area (Å²) in [7, 11) is 0. The molecule has 0 aliphatic carbocycles.